The number of carboxylic acids is 1. The fourth-order valence-electron chi connectivity index (χ4n) is 1.10. The molecule has 0 bridgehead atoms. The molecule has 100 valence electrons. The van der Waals surface area contributed by atoms with Crippen LogP contribution in [0.1, 0.15) is 4.88 Å². The second kappa shape index (κ2) is 7.63. The number of aliphatic carboxylic acids is 1. The largest absolute Gasteiger partial charge is 0.480 e. The van der Waals surface area contributed by atoms with Gasteiger partial charge in [-0.15, -0.1) is 23.1 Å². The van der Waals surface area contributed by atoms with E-state index >= 15 is 0 Å². The Morgan fingerprint density at radius 2 is 2.22 bits per heavy atom. The molecule has 5 nitrogen and oxygen atoms in total. The summed E-state index contributed by atoms with van der Waals surface area (Å²) in [6.45, 7) is -0.619. The standard InChI is InChI=1S/C10H12ClNO4S2/c11-8-2-1-6(18-8)4-17-5-9(14)12-7(3-13)10(15)16/h1-2,7,13H,3-5H2,(H,12,14)(H,15,16). The minimum atomic E-state index is -1.25. The summed E-state index contributed by atoms with van der Waals surface area (Å²) in [5.41, 5.74) is 0. The predicted octanol–water partition coefficient (Wildman–Crippen LogP) is 1.20. The van der Waals surface area contributed by atoms with Crippen molar-refractivity contribution in [3.8, 4) is 0 Å². The van der Waals surface area contributed by atoms with E-state index in [-0.39, 0.29) is 5.75 Å². The normalized spacial score (nSPS) is 12.1. The molecule has 1 aromatic rings. The number of thiophene rings is 1. The van der Waals surface area contributed by atoms with Gasteiger partial charge in [-0.3, -0.25) is 4.79 Å². The molecule has 0 fully saturated rings. The summed E-state index contributed by atoms with van der Waals surface area (Å²) in [6, 6.07) is 2.43. The first-order chi connectivity index (χ1) is 8.52. The number of nitrogens with one attached hydrogen (secondary N) is 1. The van der Waals surface area contributed by atoms with Gasteiger partial charge >= 0.3 is 5.97 Å². The van der Waals surface area contributed by atoms with Crippen molar-refractivity contribution in [1.29, 1.82) is 0 Å². The molecule has 0 aliphatic rings. The zero-order chi connectivity index (χ0) is 13.5. The van der Waals surface area contributed by atoms with Crippen LogP contribution in [0.5, 0.6) is 0 Å². The molecule has 0 aliphatic heterocycles. The van der Waals surface area contributed by atoms with Crippen LogP contribution in [-0.4, -0.2) is 40.5 Å². The molecule has 1 atom stereocenters. The second-order valence-corrected chi connectivity index (χ2v) is 6.12. The van der Waals surface area contributed by atoms with E-state index in [0.717, 1.165) is 4.88 Å². The summed E-state index contributed by atoms with van der Waals surface area (Å²) in [5.74, 6) is -0.883. The number of hydrogen-bond acceptors (Lipinski definition) is 5. The zero-order valence-corrected chi connectivity index (χ0v) is 11.6. The van der Waals surface area contributed by atoms with Gasteiger partial charge in [0.1, 0.15) is 6.04 Å². The topological polar surface area (TPSA) is 86.6 Å². The molecule has 0 aliphatic carbocycles. The lowest BCUT2D eigenvalue weighted by Gasteiger charge is -2.10. The first kappa shape index (κ1) is 15.3. The van der Waals surface area contributed by atoms with Gasteiger partial charge in [-0.05, 0) is 12.1 Å². The highest BCUT2D eigenvalue weighted by molar-refractivity contribution is 7.99. The van der Waals surface area contributed by atoms with Crippen LogP contribution in [0.25, 0.3) is 0 Å². The Kier molecular flexibility index (Phi) is 6.48. The Hall–Kier alpha value is -0.760. The van der Waals surface area contributed by atoms with Crippen LogP contribution in [0.4, 0.5) is 0 Å². The molecule has 1 heterocycles. The molecule has 1 rings (SSSR count). The van der Waals surface area contributed by atoms with Gasteiger partial charge in [0.25, 0.3) is 0 Å². The lowest BCUT2D eigenvalue weighted by Crippen LogP contribution is -2.44. The minimum absolute atomic E-state index is 0.138. The van der Waals surface area contributed by atoms with E-state index in [4.69, 9.17) is 21.8 Å². The van der Waals surface area contributed by atoms with Crippen molar-refractivity contribution < 1.29 is 19.8 Å². The number of halogens is 1. The van der Waals surface area contributed by atoms with E-state index in [1.807, 2.05) is 6.07 Å². The lowest BCUT2D eigenvalue weighted by atomic mass is 10.3. The van der Waals surface area contributed by atoms with Crippen LogP contribution in [0.15, 0.2) is 12.1 Å². The molecule has 1 aromatic heterocycles. The molecular formula is C10H12ClNO4S2. The van der Waals surface area contributed by atoms with E-state index < -0.39 is 24.5 Å². The molecule has 0 spiro atoms. The fraction of sp³-hybridized carbons (Fsp3) is 0.400. The quantitative estimate of drug-likeness (QED) is 0.704. The maximum absolute atomic E-state index is 11.4. The Morgan fingerprint density at radius 1 is 1.50 bits per heavy atom. The van der Waals surface area contributed by atoms with Crippen molar-refractivity contribution in [2.45, 2.75) is 11.8 Å². The Balaban J connectivity index is 2.26. The number of hydrogen-bond donors (Lipinski definition) is 3. The van der Waals surface area contributed by atoms with Crippen molar-refractivity contribution in [3.63, 3.8) is 0 Å². The fourth-order valence-corrected chi connectivity index (χ4v) is 3.13. The van der Waals surface area contributed by atoms with Gasteiger partial charge in [0.2, 0.25) is 5.91 Å². The predicted molar refractivity (Wildman–Crippen MR) is 72.1 cm³/mol. The molecule has 0 saturated carbocycles. The van der Waals surface area contributed by atoms with E-state index in [9.17, 15) is 9.59 Å². The maximum Gasteiger partial charge on any atom is 0.328 e. The number of rotatable bonds is 7. The molecule has 18 heavy (non-hydrogen) atoms. The number of carboxylic acid groups (broad SMARTS) is 1. The average molecular weight is 310 g/mol. The number of aliphatic hydroxyl groups excluding tert-OH is 1. The Labute approximate surface area is 117 Å². The summed E-state index contributed by atoms with van der Waals surface area (Å²) >= 11 is 8.56. The summed E-state index contributed by atoms with van der Waals surface area (Å²) in [5, 5.41) is 19.6. The van der Waals surface area contributed by atoms with Crippen LogP contribution in [-0.2, 0) is 15.3 Å². The number of aliphatic hydroxyl groups is 1. The van der Waals surface area contributed by atoms with Crippen molar-refractivity contribution in [3.05, 3.63) is 21.3 Å². The SMILES string of the molecule is O=C(CSCc1ccc(Cl)s1)NC(CO)C(=O)O. The third-order valence-corrected chi connectivity index (χ3v) is 4.32. The van der Waals surface area contributed by atoms with Crippen LogP contribution >= 0.6 is 34.7 Å². The third-order valence-electron chi connectivity index (χ3n) is 1.92. The monoisotopic (exact) mass is 309 g/mol. The lowest BCUT2D eigenvalue weighted by molar-refractivity contribution is -0.142. The summed E-state index contributed by atoms with van der Waals surface area (Å²) < 4.78 is 0.696. The van der Waals surface area contributed by atoms with Crippen molar-refractivity contribution in [2.24, 2.45) is 0 Å². The molecule has 3 N–H and O–H groups in total. The molecule has 0 radical (unpaired) electrons. The van der Waals surface area contributed by atoms with Crippen molar-refractivity contribution in [2.75, 3.05) is 12.4 Å². The van der Waals surface area contributed by atoms with E-state index in [1.165, 1.54) is 23.1 Å². The highest BCUT2D eigenvalue weighted by atomic mass is 35.5. The van der Waals surface area contributed by atoms with Crippen LogP contribution in [0, 0.1) is 0 Å². The van der Waals surface area contributed by atoms with Gasteiger partial charge in [-0.1, -0.05) is 11.6 Å². The van der Waals surface area contributed by atoms with E-state index in [0.29, 0.717) is 10.1 Å². The number of carbonyl (C=O) groups is 2. The highest BCUT2D eigenvalue weighted by Crippen LogP contribution is 2.24. The maximum atomic E-state index is 11.4. The highest BCUT2D eigenvalue weighted by Gasteiger charge is 2.18. The van der Waals surface area contributed by atoms with Gasteiger partial charge in [0, 0.05) is 10.6 Å². The van der Waals surface area contributed by atoms with Gasteiger partial charge in [0.15, 0.2) is 0 Å². The van der Waals surface area contributed by atoms with Crippen LogP contribution < -0.4 is 5.32 Å². The minimum Gasteiger partial charge on any atom is -0.480 e. The number of amides is 1. The first-order valence-corrected chi connectivity index (χ1v) is 7.33. The number of carbonyl (C=O) groups excluding carboxylic acids is 1. The molecule has 0 saturated heterocycles. The van der Waals surface area contributed by atoms with E-state index in [1.54, 1.807) is 6.07 Å². The van der Waals surface area contributed by atoms with E-state index in [2.05, 4.69) is 5.32 Å². The van der Waals surface area contributed by atoms with Crippen molar-refractivity contribution in [1.82, 2.24) is 5.32 Å². The third kappa shape index (κ3) is 5.26. The Bertz CT molecular complexity index is 424. The molecule has 8 heteroatoms. The van der Waals surface area contributed by atoms with Gasteiger partial charge < -0.3 is 15.5 Å². The molecule has 1 amide bonds. The number of thioether (sulfide) groups is 1. The average Bonchev–Trinajstić information content (AvgIpc) is 2.71. The van der Waals surface area contributed by atoms with Gasteiger partial charge in [-0.25, -0.2) is 4.79 Å². The van der Waals surface area contributed by atoms with Crippen LogP contribution in [0.2, 0.25) is 4.34 Å². The van der Waals surface area contributed by atoms with Crippen molar-refractivity contribution >= 4 is 46.6 Å². The molecular weight excluding hydrogens is 298 g/mol. The second-order valence-electron chi connectivity index (χ2n) is 3.34. The Morgan fingerprint density at radius 3 is 2.72 bits per heavy atom. The summed E-state index contributed by atoms with van der Waals surface area (Å²) in [6.07, 6.45) is 0. The van der Waals surface area contributed by atoms with Gasteiger partial charge in [0.05, 0.1) is 16.7 Å². The van der Waals surface area contributed by atoms with Crippen LogP contribution in [0.3, 0.4) is 0 Å². The summed E-state index contributed by atoms with van der Waals surface area (Å²) in [4.78, 5) is 23.0. The first-order valence-electron chi connectivity index (χ1n) is 4.98. The summed E-state index contributed by atoms with van der Waals surface area (Å²) in [7, 11) is 0. The molecule has 1 unspecified atom stereocenters. The molecule has 0 aromatic carbocycles. The zero-order valence-electron chi connectivity index (χ0n) is 9.26. The smallest absolute Gasteiger partial charge is 0.328 e. The van der Waals surface area contributed by atoms with Gasteiger partial charge in [-0.2, -0.15) is 0 Å².